The van der Waals surface area contributed by atoms with Crippen molar-refractivity contribution in [3.8, 4) is 0 Å². The normalized spacial score (nSPS) is 11.3. The zero-order valence-electron chi connectivity index (χ0n) is 16.3. The third-order valence-electron chi connectivity index (χ3n) is 4.85. The van der Waals surface area contributed by atoms with Gasteiger partial charge in [-0.15, -0.1) is 12.4 Å². The highest BCUT2D eigenvalue weighted by atomic mass is 35.5. The van der Waals surface area contributed by atoms with Gasteiger partial charge in [-0.05, 0) is 29.7 Å². The van der Waals surface area contributed by atoms with E-state index in [9.17, 15) is 0 Å². The minimum atomic E-state index is -0.446. The monoisotopic (exact) mass is 393 g/mol. The molecule has 0 amide bonds. The Morgan fingerprint density at radius 1 is 0.786 bits per heavy atom. The van der Waals surface area contributed by atoms with Gasteiger partial charge in [-0.25, -0.2) is 0 Å². The van der Waals surface area contributed by atoms with E-state index in [1.54, 1.807) is 7.11 Å². The van der Waals surface area contributed by atoms with E-state index in [0.717, 1.165) is 19.5 Å². The first kappa shape index (κ1) is 21.9. The average Bonchev–Trinajstić information content (AvgIpc) is 2.75. The van der Waals surface area contributed by atoms with Crippen LogP contribution in [0.3, 0.4) is 0 Å². The summed E-state index contributed by atoms with van der Waals surface area (Å²) in [6.45, 7) is 1.69. The first-order chi connectivity index (χ1) is 13.3. The summed E-state index contributed by atoms with van der Waals surface area (Å²) in [5.41, 5.74) is 3.14. The van der Waals surface area contributed by atoms with Crippen molar-refractivity contribution in [2.45, 2.75) is 12.0 Å². The largest absolute Gasteiger partial charge is 0.369 e. The molecule has 146 valence electrons. The number of methoxy groups -OCH3 is 1. The standard InChI is InChI=1S/C25H27NO.ClH/c1-27-25(23-15-7-3-8-16-23,24-17-9-4-10-18-24)19-21-26-20-11-14-22-12-5-2-6-13-22;/h2-18,26H,19-21H2,1H3;1H. The molecular formula is C25H28ClNO. The van der Waals surface area contributed by atoms with Crippen LogP contribution in [0.25, 0.3) is 6.08 Å². The van der Waals surface area contributed by atoms with Crippen LogP contribution in [0.1, 0.15) is 23.1 Å². The van der Waals surface area contributed by atoms with Crippen molar-refractivity contribution in [3.05, 3.63) is 114 Å². The van der Waals surface area contributed by atoms with E-state index >= 15 is 0 Å². The molecule has 0 saturated carbocycles. The van der Waals surface area contributed by atoms with Gasteiger partial charge in [-0.3, -0.25) is 0 Å². The molecular weight excluding hydrogens is 366 g/mol. The Morgan fingerprint density at radius 2 is 1.29 bits per heavy atom. The molecule has 0 unspecified atom stereocenters. The maximum Gasteiger partial charge on any atom is 0.119 e. The summed E-state index contributed by atoms with van der Waals surface area (Å²) in [5.74, 6) is 0. The number of halogens is 1. The highest BCUT2D eigenvalue weighted by molar-refractivity contribution is 5.85. The summed E-state index contributed by atoms with van der Waals surface area (Å²) < 4.78 is 6.13. The summed E-state index contributed by atoms with van der Waals surface area (Å²) in [4.78, 5) is 0. The summed E-state index contributed by atoms with van der Waals surface area (Å²) in [5, 5.41) is 3.52. The molecule has 3 aromatic rings. The Labute approximate surface area is 174 Å². The summed E-state index contributed by atoms with van der Waals surface area (Å²) in [6.07, 6.45) is 5.16. The molecule has 0 atom stereocenters. The Hall–Kier alpha value is -2.39. The molecule has 0 aliphatic carbocycles. The summed E-state index contributed by atoms with van der Waals surface area (Å²) in [7, 11) is 1.80. The van der Waals surface area contributed by atoms with Crippen LogP contribution in [-0.2, 0) is 10.3 Å². The van der Waals surface area contributed by atoms with Gasteiger partial charge in [0.25, 0.3) is 0 Å². The maximum atomic E-state index is 6.13. The number of rotatable bonds is 9. The van der Waals surface area contributed by atoms with Crippen LogP contribution in [0.15, 0.2) is 97.1 Å². The number of hydrogen-bond donors (Lipinski definition) is 1. The van der Waals surface area contributed by atoms with Crippen molar-refractivity contribution in [1.29, 1.82) is 0 Å². The van der Waals surface area contributed by atoms with Crippen LogP contribution in [0.4, 0.5) is 0 Å². The predicted molar refractivity (Wildman–Crippen MR) is 121 cm³/mol. The highest BCUT2D eigenvalue weighted by Crippen LogP contribution is 2.36. The Bertz CT molecular complexity index is 779. The van der Waals surface area contributed by atoms with Gasteiger partial charge in [0.05, 0.1) is 0 Å². The van der Waals surface area contributed by atoms with Crippen LogP contribution in [0, 0.1) is 0 Å². The van der Waals surface area contributed by atoms with Crippen molar-refractivity contribution < 1.29 is 4.74 Å². The number of nitrogens with one attached hydrogen (secondary N) is 1. The minimum absolute atomic E-state index is 0. The van der Waals surface area contributed by atoms with Gasteiger partial charge in [0.15, 0.2) is 0 Å². The van der Waals surface area contributed by atoms with Crippen LogP contribution in [0.5, 0.6) is 0 Å². The molecule has 0 aliphatic rings. The molecule has 0 spiro atoms. The molecule has 28 heavy (non-hydrogen) atoms. The fraction of sp³-hybridized carbons (Fsp3) is 0.200. The molecule has 2 nitrogen and oxygen atoms in total. The summed E-state index contributed by atoms with van der Waals surface area (Å²) >= 11 is 0. The lowest BCUT2D eigenvalue weighted by Crippen LogP contribution is -2.34. The average molecular weight is 394 g/mol. The van der Waals surface area contributed by atoms with Crippen LogP contribution >= 0.6 is 12.4 Å². The van der Waals surface area contributed by atoms with Crippen molar-refractivity contribution in [1.82, 2.24) is 5.32 Å². The molecule has 3 heteroatoms. The van der Waals surface area contributed by atoms with E-state index in [-0.39, 0.29) is 12.4 Å². The molecule has 0 radical (unpaired) electrons. The Kier molecular flexibility index (Phi) is 8.96. The molecule has 3 aromatic carbocycles. The highest BCUT2D eigenvalue weighted by Gasteiger charge is 2.33. The molecule has 0 aliphatic heterocycles. The topological polar surface area (TPSA) is 21.3 Å². The van der Waals surface area contributed by atoms with Gasteiger partial charge in [0, 0.05) is 13.7 Å². The third kappa shape index (κ3) is 5.56. The number of hydrogen-bond acceptors (Lipinski definition) is 2. The SMILES string of the molecule is COC(CCNCC=Cc1ccccc1)(c1ccccc1)c1ccccc1.Cl. The van der Waals surface area contributed by atoms with Gasteiger partial charge in [0.1, 0.15) is 5.60 Å². The fourth-order valence-corrected chi connectivity index (χ4v) is 3.42. The fourth-order valence-electron chi connectivity index (χ4n) is 3.42. The molecule has 0 aromatic heterocycles. The van der Waals surface area contributed by atoms with Gasteiger partial charge < -0.3 is 10.1 Å². The molecule has 0 fully saturated rings. The minimum Gasteiger partial charge on any atom is -0.369 e. The molecule has 0 bridgehead atoms. The molecule has 1 N–H and O–H groups in total. The van der Waals surface area contributed by atoms with Crippen LogP contribution < -0.4 is 5.32 Å². The van der Waals surface area contributed by atoms with Crippen molar-refractivity contribution >= 4 is 18.5 Å². The summed E-state index contributed by atoms with van der Waals surface area (Å²) in [6, 6.07) is 31.3. The van der Waals surface area contributed by atoms with E-state index in [1.807, 2.05) is 18.2 Å². The lowest BCUT2D eigenvalue weighted by molar-refractivity contribution is 0.0149. The zero-order chi connectivity index (χ0) is 18.8. The second-order valence-corrected chi connectivity index (χ2v) is 6.53. The van der Waals surface area contributed by atoms with E-state index in [0.29, 0.717) is 0 Å². The lowest BCUT2D eigenvalue weighted by atomic mass is 9.83. The second-order valence-electron chi connectivity index (χ2n) is 6.53. The van der Waals surface area contributed by atoms with Gasteiger partial charge in [-0.1, -0.05) is 103 Å². The maximum absolute atomic E-state index is 6.13. The quantitative estimate of drug-likeness (QED) is 0.471. The van der Waals surface area contributed by atoms with E-state index in [1.165, 1.54) is 16.7 Å². The van der Waals surface area contributed by atoms with Crippen molar-refractivity contribution in [2.24, 2.45) is 0 Å². The Balaban J connectivity index is 0.00000280. The zero-order valence-corrected chi connectivity index (χ0v) is 17.1. The van der Waals surface area contributed by atoms with Crippen LogP contribution in [-0.4, -0.2) is 20.2 Å². The predicted octanol–water partition coefficient (Wildman–Crippen LogP) is 5.69. The van der Waals surface area contributed by atoms with Crippen molar-refractivity contribution in [3.63, 3.8) is 0 Å². The second kappa shape index (κ2) is 11.5. The van der Waals surface area contributed by atoms with Crippen LogP contribution in [0.2, 0.25) is 0 Å². The first-order valence-corrected chi connectivity index (χ1v) is 9.44. The molecule has 3 rings (SSSR count). The van der Waals surface area contributed by atoms with Gasteiger partial charge in [-0.2, -0.15) is 0 Å². The van der Waals surface area contributed by atoms with E-state index in [2.05, 4.69) is 90.3 Å². The first-order valence-electron chi connectivity index (χ1n) is 9.44. The lowest BCUT2D eigenvalue weighted by Gasteiger charge is -2.34. The third-order valence-corrected chi connectivity index (χ3v) is 4.85. The van der Waals surface area contributed by atoms with Gasteiger partial charge >= 0.3 is 0 Å². The molecule has 0 saturated heterocycles. The Morgan fingerprint density at radius 3 is 1.79 bits per heavy atom. The van der Waals surface area contributed by atoms with E-state index in [4.69, 9.17) is 4.74 Å². The van der Waals surface area contributed by atoms with Crippen molar-refractivity contribution in [2.75, 3.05) is 20.2 Å². The van der Waals surface area contributed by atoms with E-state index < -0.39 is 5.60 Å². The number of ether oxygens (including phenoxy) is 1. The van der Waals surface area contributed by atoms with Gasteiger partial charge in [0.2, 0.25) is 0 Å². The molecule has 0 heterocycles. The smallest absolute Gasteiger partial charge is 0.119 e. The number of benzene rings is 3.